The number of halogens is 2. The summed E-state index contributed by atoms with van der Waals surface area (Å²) < 4.78 is 9.96. The summed E-state index contributed by atoms with van der Waals surface area (Å²) >= 11 is 6.75. The average Bonchev–Trinajstić information content (AvgIpc) is 3.43. The second-order valence-corrected chi connectivity index (χ2v) is 12.5. The molecule has 0 unspecified atom stereocenters. The Kier molecular flexibility index (Phi) is 7.80. The Hall–Kier alpha value is -2.60. The molecule has 0 radical (unpaired) electrons. The molecular weight excluding hydrogens is 595 g/mol. The number of likely N-dealkylation sites (N-methyl/N-ethyl adjacent to an activating group) is 1. The van der Waals surface area contributed by atoms with Crippen LogP contribution in [-0.4, -0.2) is 56.0 Å². The van der Waals surface area contributed by atoms with Gasteiger partial charge in [0.2, 0.25) is 0 Å². The van der Waals surface area contributed by atoms with E-state index in [0.29, 0.717) is 38.0 Å². The molecule has 9 nitrogen and oxygen atoms in total. The Labute approximate surface area is 224 Å². The molecule has 3 heterocycles. The average molecular weight is 624 g/mol. The number of fused-ring (bicyclic) bond motifs is 1. The first-order chi connectivity index (χ1) is 17.5. The zero-order valence-electron chi connectivity index (χ0n) is 20.1. The van der Waals surface area contributed by atoms with Gasteiger partial charge in [0.05, 0.1) is 0 Å². The maximum absolute atomic E-state index is 13.3. The van der Waals surface area contributed by atoms with Crippen molar-refractivity contribution >= 4 is 45.9 Å². The number of carbonyl (C=O) groups excluding carboxylic acids is 1. The number of nitrogens with zero attached hydrogens (tertiary/aromatic N) is 4. The SMILES string of the molecule is CNC(=O)COc1cc2cc(Nc3nc(N4CC[I-]CC4)ncc3Cl)ccc2n(C2CCCC2)c1=O. The summed E-state index contributed by atoms with van der Waals surface area (Å²) in [5, 5.41) is 7.13. The van der Waals surface area contributed by atoms with Gasteiger partial charge in [0.1, 0.15) is 0 Å². The molecule has 1 amide bonds. The Morgan fingerprint density at radius 1 is 1.22 bits per heavy atom. The van der Waals surface area contributed by atoms with E-state index in [9.17, 15) is 9.59 Å². The van der Waals surface area contributed by atoms with Crippen LogP contribution in [0.3, 0.4) is 0 Å². The van der Waals surface area contributed by atoms with Crippen LogP contribution in [-0.2, 0) is 4.79 Å². The number of ether oxygens (including phenoxy) is 1. The van der Waals surface area contributed by atoms with E-state index in [2.05, 4.69) is 20.5 Å². The van der Waals surface area contributed by atoms with Gasteiger partial charge in [-0.1, -0.05) is 12.8 Å². The number of rotatable bonds is 7. The van der Waals surface area contributed by atoms with Crippen LogP contribution in [0.4, 0.5) is 17.5 Å². The van der Waals surface area contributed by atoms with Crippen molar-refractivity contribution in [1.29, 1.82) is 0 Å². The Morgan fingerprint density at radius 3 is 2.75 bits per heavy atom. The fourth-order valence-electron chi connectivity index (χ4n) is 4.71. The number of benzene rings is 1. The molecule has 3 aromatic rings. The Bertz CT molecular complexity index is 1320. The summed E-state index contributed by atoms with van der Waals surface area (Å²) in [5.74, 6) is 1.11. The first-order valence-corrected chi connectivity index (χ1v) is 15.6. The van der Waals surface area contributed by atoms with Gasteiger partial charge in [0, 0.05) is 13.1 Å². The Morgan fingerprint density at radius 2 is 2.00 bits per heavy atom. The van der Waals surface area contributed by atoms with Gasteiger partial charge in [-0.2, -0.15) is 0 Å². The molecule has 1 saturated carbocycles. The van der Waals surface area contributed by atoms with Crippen LogP contribution >= 0.6 is 11.6 Å². The van der Waals surface area contributed by atoms with Gasteiger partial charge in [-0.15, -0.1) is 0 Å². The van der Waals surface area contributed by atoms with Gasteiger partial charge in [-0.05, 0) is 12.8 Å². The van der Waals surface area contributed by atoms with Crippen LogP contribution in [0.25, 0.3) is 10.9 Å². The third-order valence-corrected chi connectivity index (χ3v) is 9.35. The predicted octanol–water partition coefficient (Wildman–Crippen LogP) is 0.337. The van der Waals surface area contributed by atoms with Crippen molar-refractivity contribution in [3.8, 4) is 5.75 Å². The van der Waals surface area contributed by atoms with E-state index >= 15 is 0 Å². The molecule has 0 atom stereocenters. The van der Waals surface area contributed by atoms with Gasteiger partial charge in [0.25, 0.3) is 11.5 Å². The van der Waals surface area contributed by atoms with Gasteiger partial charge in [-0.25, -0.2) is 0 Å². The number of hydrogen-bond donors (Lipinski definition) is 2. The van der Waals surface area contributed by atoms with E-state index in [1.54, 1.807) is 12.3 Å². The number of carbonyl (C=O) groups is 1. The standard InChI is InChI=1S/C25H29ClIN6O3/c1-28-22(34)15-36-21-13-16-12-17(6-7-20(16)33(24(21)35)18-4-2-3-5-18)30-23-19(26)14-29-25(31-23)32-10-8-27-9-11-32/h6-7,12-14,18H,2-5,8-11,15H2,1H3,(H,28,34)(H,29,30,31)/q-1. The van der Waals surface area contributed by atoms with Crippen LogP contribution in [0, 0.1) is 0 Å². The number of aromatic nitrogens is 3. The number of nitrogens with one attached hydrogen (secondary N) is 2. The van der Waals surface area contributed by atoms with E-state index in [1.165, 1.54) is 15.9 Å². The summed E-state index contributed by atoms with van der Waals surface area (Å²) in [7, 11) is 1.54. The first kappa shape index (κ1) is 25.1. The zero-order valence-corrected chi connectivity index (χ0v) is 23.0. The minimum Gasteiger partial charge on any atom is -0.265 e. The van der Waals surface area contributed by atoms with Crippen molar-refractivity contribution in [3.05, 3.63) is 45.8 Å². The molecule has 1 saturated heterocycles. The molecule has 192 valence electrons. The fourth-order valence-corrected chi connectivity index (χ4v) is 7.23. The number of anilines is 3. The number of amides is 1. The van der Waals surface area contributed by atoms with E-state index in [1.807, 2.05) is 22.8 Å². The van der Waals surface area contributed by atoms with Crippen LogP contribution in [0.5, 0.6) is 5.75 Å². The monoisotopic (exact) mass is 623 g/mol. The molecule has 2 fully saturated rings. The van der Waals surface area contributed by atoms with Gasteiger partial charge < -0.3 is 10.1 Å². The molecule has 2 N–H and O–H groups in total. The second-order valence-electron chi connectivity index (χ2n) is 8.90. The summed E-state index contributed by atoms with van der Waals surface area (Å²) in [6.07, 6.45) is 5.72. The van der Waals surface area contributed by atoms with E-state index in [0.717, 1.165) is 55.4 Å². The molecular formula is C25H29ClIN6O3-. The van der Waals surface area contributed by atoms with E-state index in [4.69, 9.17) is 21.3 Å². The zero-order chi connectivity index (χ0) is 25.1. The molecule has 0 spiro atoms. The van der Waals surface area contributed by atoms with Crippen molar-refractivity contribution in [1.82, 2.24) is 19.9 Å². The molecule has 5 rings (SSSR count). The fraction of sp³-hybridized carbons (Fsp3) is 0.440. The molecule has 11 heteroatoms. The number of alkyl halides is 2. The second kappa shape index (κ2) is 11.2. The van der Waals surface area contributed by atoms with Gasteiger partial charge >= 0.3 is 149 Å². The first-order valence-electron chi connectivity index (χ1n) is 12.1. The van der Waals surface area contributed by atoms with Crippen molar-refractivity contribution in [3.63, 3.8) is 0 Å². The van der Waals surface area contributed by atoms with Crippen LogP contribution in [0.1, 0.15) is 31.7 Å². The summed E-state index contributed by atoms with van der Waals surface area (Å²) in [5.41, 5.74) is 1.43. The van der Waals surface area contributed by atoms with Crippen LogP contribution < -0.4 is 47.0 Å². The van der Waals surface area contributed by atoms with Crippen molar-refractivity contribution in [2.75, 3.05) is 45.8 Å². The molecule has 36 heavy (non-hydrogen) atoms. The van der Waals surface area contributed by atoms with Gasteiger partial charge in [0.15, 0.2) is 6.61 Å². The quantitative estimate of drug-likeness (QED) is 0.289. The topological polar surface area (TPSA) is 101 Å². The predicted molar refractivity (Wildman–Crippen MR) is 138 cm³/mol. The molecule has 2 aliphatic rings. The number of pyridine rings is 1. The molecule has 1 aromatic carbocycles. The van der Waals surface area contributed by atoms with Crippen molar-refractivity contribution < 1.29 is 30.7 Å². The summed E-state index contributed by atoms with van der Waals surface area (Å²) in [6, 6.07) is 7.66. The normalized spacial score (nSPS) is 16.6. The third kappa shape index (κ3) is 5.39. The van der Waals surface area contributed by atoms with Crippen LogP contribution in [0.15, 0.2) is 35.3 Å². The van der Waals surface area contributed by atoms with E-state index in [-0.39, 0.29) is 29.9 Å². The molecule has 1 aliphatic carbocycles. The minimum absolute atomic E-state index is 0.119. The minimum atomic E-state index is -0.290. The number of hydrogen-bond acceptors (Lipinski definition) is 7. The van der Waals surface area contributed by atoms with Gasteiger partial charge in [-0.3, -0.25) is 9.59 Å². The molecule has 1 aliphatic heterocycles. The van der Waals surface area contributed by atoms with Crippen molar-refractivity contribution in [2.45, 2.75) is 31.7 Å². The smallest absolute Gasteiger partial charge is 0.265 e. The molecule has 2 aromatic heterocycles. The van der Waals surface area contributed by atoms with Crippen LogP contribution in [0.2, 0.25) is 5.02 Å². The third-order valence-electron chi connectivity index (χ3n) is 6.58. The van der Waals surface area contributed by atoms with Crippen molar-refractivity contribution in [2.24, 2.45) is 0 Å². The van der Waals surface area contributed by atoms with E-state index < -0.39 is 0 Å². The summed E-state index contributed by atoms with van der Waals surface area (Å²) in [6.45, 7) is 1.77. The Balaban J connectivity index is 1.49. The maximum atomic E-state index is 13.3. The molecule has 0 bridgehead atoms. The summed E-state index contributed by atoms with van der Waals surface area (Å²) in [4.78, 5) is 36.4.